The molecule has 0 aliphatic rings. The summed E-state index contributed by atoms with van der Waals surface area (Å²) >= 11 is 0. The van der Waals surface area contributed by atoms with Crippen LogP contribution < -0.4 is 5.32 Å². The van der Waals surface area contributed by atoms with Crippen molar-refractivity contribution in [3.05, 3.63) is 59.9 Å². The fourth-order valence-electron chi connectivity index (χ4n) is 3.13. The number of ether oxygens (including phenoxy) is 1. The number of fused-ring (bicyclic) bond motifs is 1. The monoisotopic (exact) mass is 459 g/mol. The lowest BCUT2D eigenvalue weighted by Crippen LogP contribution is -2.44. The number of nitrogens with one attached hydrogen (secondary N) is 1. The molecule has 9 nitrogen and oxygen atoms in total. The molecule has 0 bridgehead atoms. The Balaban J connectivity index is 2.00. The van der Waals surface area contributed by atoms with Gasteiger partial charge in [0.15, 0.2) is 5.65 Å². The van der Waals surface area contributed by atoms with Gasteiger partial charge in [0, 0.05) is 24.2 Å². The number of carbonyl (C=O) groups excluding carboxylic acids is 1. The van der Waals surface area contributed by atoms with E-state index in [2.05, 4.69) is 10.3 Å². The van der Waals surface area contributed by atoms with Gasteiger partial charge in [-0.2, -0.15) is 0 Å². The van der Waals surface area contributed by atoms with Crippen LogP contribution >= 0.6 is 0 Å². The van der Waals surface area contributed by atoms with E-state index in [0.29, 0.717) is 10.9 Å². The summed E-state index contributed by atoms with van der Waals surface area (Å²) in [5, 5.41) is 12.4. The van der Waals surface area contributed by atoms with E-state index in [1.807, 2.05) is 6.92 Å². The summed E-state index contributed by atoms with van der Waals surface area (Å²) in [4.78, 5) is 28.2. The molecule has 1 atom stereocenters. The minimum atomic E-state index is -3.97. The van der Waals surface area contributed by atoms with E-state index < -0.39 is 33.7 Å². The number of carboxylic acid groups (broad SMARTS) is 1. The molecule has 0 aliphatic heterocycles. The summed E-state index contributed by atoms with van der Waals surface area (Å²) in [5.74, 6) is -1.28. The van der Waals surface area contributed by atoms with Crippen LogP contribution in [0.2, 0.25) is 0 Å². The van der Waals surface area contributed by atoms with E-state index in [1.54, 1.807) is 45.0 Å². The van der Waals surface area contributed by atoms with Crippen LogP contribution in [0.3, 0.4) is 0 Å². The molecular formula is C22H25N3O6S. The minimum Gasteiger partial charge on any atom is -0.480 e. The molecule has 2 heterocycles. The largest absolute Gasteiger partial charge is 0.480 e. The second kappa shape index (κ2) is 8.62. The molecule has 0 aliphatic carbocycles. The van der Waals surface area contributed by atoms with Crippen molar-refractivity contribution in [2.24, 2.45) is 0 Å². The Hall–Kier alpha value is -3.40. The third-order valence-corrected chi connectivity index (χ3v) is 6.27. The van der Waals surface area contributed by atoms with Crippen LogP contribution in [0.4, 0.5) is 4.79 Å². The van der Waals surface area contributed by atoms with Gasteiger partial charge in [-0.05, 0) is 57.5 Å². The summed E-state index contributed by atoms with van der Waals surface area (Å²) in [7, 11) is -3.97. The summed E-state index contributed by atoms with van der Waals surface area (Å²) in [6.45, 7) is 6.84. The van der Waals surface area contributed by atoms with Crippen molar-refractivity contribution in [1.29, 1.82) is 0 Å². The first kappa shape index (κ1) is 23.3. The van der Waals surface area contributed by atoms with Crippen molar-refractivity contribution < 1.29 is 27.9 Å². The van der Waals surface area contributed by atoms with Gasteiger partial charge in [-0.25, -0.2) is 27.0 Å². The molecule has 0 radical (unpaired) electrons. The number of aliphatic carboxylic acids is 1. The molecule has 2 aromatic heterocycles. The van der Waals surface area contributed by atoms with E-state index in [1.165, 1.54) is 24.5 Å². The number of benzene rings is 1. The predicted molar refractivity (Wildman–Crippen MR) is 118 cm³/mol. The van der Waals surface area contributed by atoms with Gasteiger partial charge < -0.3 is 15.2 Å². The van der Waals surface area contributed by atoms with Crippen molar-refractivity contribution in [1.82, 2.24) is 14.3 Å². The van der Waals surface area contributed by atoms with Gasteiger partial charge in [-0.15, -0.1) is 0 Å². The summed E-state index contributed by atoms with van der Waals surface area (Å²) < 4.78 is 32.7. The maximum absolute atomic E-state index is 13.2. The third kappa shape index (κ3) is 5.08. The van der Waals surface area contributed by atoms with Crippen molar-refractivity contribution in [3.8, 4) is 0 Å². The van der Waals surface area contributed by atoms with Gasteiger partial charge in [0.05, 0.1) is 4.90 Å². The Bertz CT molecular complexity index is 1260. The number of nitrogens with zero attached hydrogens (tertiary/aromatic N) is 2. The molecule has 0 saturated carbocycles. The highest BCUT2D eigenvalue weighted by atomic mass is 32.2. The Kier molecular flexibility index (Phi) is 6.27. The van der Waals surface area contributed by atoms with Crippen LogP contribution in [0.1, 0.15) is 31.9 Å². The lowest BCUT2D eigenvalue weighted by Gasteiger charge is -2.21. The number of amides is 1. The first-order valence-electron chi connectivity index (χ1n) is 9.88. The first-order chi connectivity index (χ1) is 14.9. The van der Waals surface area contributed by atoms with E-state index in [-0.39, 0.29) is 17.0 Å². The summed E-state index contributed by atoms with van der Waals surface area (Å²) in [6, 6.07) is 8.35. The molecule has 3 rings (SSSR count). The van der Waals surface area contributed by atoms with Gasteiger partial charge in [0.2, 0.25) is 0 Å². The Morgan fingerprint density at radius 2 is 1.84 bits per heavy atom. The number of hydrogen-bond acceptors (Lipinski definition) is 6. The minimum absolute atomic E-state index is 0.0823. The van der Waals surface area contributed by atoms with E-state index in [4.69, 9.17) is 4.74 Å². The molecule has 1 aromatic carbocycles. The molecule has 170 valence electrons. The number of carboxylic acids is 1. The number of alkyl carbamates (subject to hydrolysis) is 1. The molecule has 10 heteroatoms. The van der Waals surface area contributed by atoms with E-state index in [9.17, 15) is 23.1 Å². The van der Waals surface area contributed by atoms with Crippen LogP contribution in [0.15, 0.2) is 53.7 Å². The fourth-order valence-corrected chi connectivity index (χ4v) is 4.48. The number of carbonyl (C=O) groups is 2. The number of hydrogen-bond donors (Lipinski definition) is 2. The number of pyridine rings is 1. The smallest absolute Gasteiger partial charge is 0.408 e. The van der Waals surface area contributed by atoms with Crippen molar-refractivity contribution in [2.75, 3.05) is 0 Å². The molecule has 3 aromatic rings. The van der Waals surface area contributed by atoms with Crippen LogP contribution in [0, 0.1) is 6.92 Å². The lowest BCUT2D eigenvalue weighted by molar-refractivity contribution is -0.139. The quantitative estimate of drug-likeness (QED) is 0.580. The topological polar surface area (TPSA) is 128 Å². The normalized spacial score (nSPS) is 13.0. The highest BCUT2D eigenvalue weighted by molar-refractivity contribution is 7.90. The molecule has 0 spiro atoms. The molecule has 0 saturated heterocycles. The van der Waals surface area contributed by atoms with Crippen LogP contribution in [-0.4, -0.2) is 46.2 Å². The fraction of sp³-hybridized carbons (Fsp3) is 0.318. The second-order valence-electron chi connectivity index (χ2n) is 8.38. The average molecular weight is 460 g/mol. The van der Waals surface area contributed by atoms with Gasteiger partial charge >= 0.3 is 12.1 Å². The predicted octanol–water partition coefficient (Wildman–Crippen LogP) is 3.10. The van der Waals surface area contributed by atoms with Crippen LogP contribution in [0.25, 0.3) is 11.0 Å². The molecule has 1 amide bonds. The van der Waals surface area contributed by atoms with E-state index in [0.717, 1.165) is 9.54 Å². The van der Waals surface area contributed by atoms with E-state index >= 15 is 0 Å². The average Bonchev–Trinajstić information content (AvgIpc) is 3.06. The van der Waals surface area contributed by atoms with Gasteiger partial charge in [-0.3, -0.25) is 0 Å². The Labute approximate surface area is 186 Å². The zero-order valence-corrected chi connectivity index (χ0v) is 19.0. The molecular weight excluding hydrogens is 434 g/mol. The third-order valence-electron chi connectivity index (χ3n) is 4.61. The highest BCUT2D eigenvalue weighted by Crippen LogP contribution is 2.26. The van der Waals surface area contributed by atoms with Gasteiger partial charge in [0.25, 0.3) is 10.0 Å². The number of aromatic nitrogens is 2. The first-order valence-corrected chi connectivity index (χ1v) is 11.3. The van der Waals surface area contributed by atoms with Crippen molar-refractivity contribution >= 4 is 33.1 Å². The van der Waals surface area contributed by atoms with Crippen molar-refractivity contribution in [3.63, 3.8) is 0 Å². The van der Waals surface area contributed by atoms with Crippen LogP contribution in [0.5, 0.6) is 0 Å². The standard InChI is InChI=1S/C22H25N3O6S/c1-14-7-9-16(10-8-14)32(29,30)25-13-15(17-6-5-11-23-19(17)25)12-18(20(26)27)24-21(28)31-22(2,3)4/h5-11,13,18H,12H2,1-4H3,(H,24,28)(H,26,27)/t18-/m0/s1. The second-order valence-corrected chi connectivity index (χ2v) is 10.2. The molecule has 0 fully saturated rings. The molecule has 2 N–H and O–H groups in total. The highest BCUT2D eigenvalue weighted by Gasteiger charge is 2.28. The van der Waals surface area contributed by atoms with Crippen molar-refractivity contribution in [2.45, 2.75) is 50.7 Å². The number of rotatable bonds is 6. The number of aryl methyl sites for hydroxylation is 1. The SMILES string of the molecule is Cc1ccc(S(=O)(=O)n2cc(C[C@H](NC(=O)OC(C)(C)C)C(=O)O)c3cccnc32)cc1. The summed E-state index contributed by atoms with van der Waals surface area (Å²) in [5.41, 5.74) is 0.698. The maximum atomic E-state index is 13.2. The molecule has 0 unspecified atom stereocenters. The molecule has 32 heavy (non-hydrogen) atoms. The zero-order chi connectivity index (χ0) is 23.7. The lowest BCUT2D eigenvalue weighted by atomic mass is 10.1. The van der Waals surface area contributed by atoms with Gasteiger partial charge in [-0.1, -0.05) is 17.7 Å². The Morgan fingerprint density at radius 1 is 1.19 bits per heavy atom. The zero-order valence-electron chi connectivity index (χ0n) is 18.2. The Morgan fingerprint density at radius 3 is 2.44 bits per heavy atom. The summed E-state index contributed by atoms with van der Waals surface area (Å²) in [6.07, 6.45) is 1.77. The van der Waals surface area contributed by atoms with Crippen LogP contribution in [-0.2, 0) is 26.0 Å². The van der Waals surface area contributed by atoms with Gasteiger partial charge in [0.1, 0.15) is 11.6 Å². The maximum Gasteiger partial charge on any atom is 0.408 e.